The molecule has 2 heterocycles. The highest BCUT2D eigenvalue weighted by Gasteiger charge is 2.30. The summed E-state index contributed by atoms with van der Waals surface area (Å²) in [7, 11) is 0. The highest BCUT2D eigenvalue weighted by molar-refractivity contribution is 7.22. The van der Waals surface area contributed by atoms with Crippen LogP contribution in [0.5, 0.6) is 11.6 Å². The summed E-state index contributed by atoms with van der Waals surface area (Å²) in [5.74, 6) is -0.597. The van der Waals surface area contributed by atoms with E-state index < -0.39 is 29.7 Å². The van der Waals surface area contributed by atoms with Crippen molar-refractivity contribution in [3.05, 3.63) is 60.4 Å². The Kier molecular flexibility index (Phi) is 6.65. The molecule has 0 aliphatic heterocycles. The lowest BCUT2D eigenvalue weighted by Gasteiger charge is -2.10. The second kappa shape index (κ2) is 9.66. The van der Waals surface area contributed by atoms with E-state index in [1.54, 1.807) is 18.2 Å². The molecule has 1 amide bonds. The van der Waals surface area contributed by atoms with Gasteiger partial charge >= 0.3 is 12.1 Å². The van der Waals surface area contributed by atoms with Crippen LogP contribution in [0.25, 0.3) is 21.5 Å². The van der Waals surface area contributed by atoms with Gasteiger partial charge in [-0.25, -0.2) is 15.0 Å². The molecule has 0 unspecified atom stereocenters. The zero-order chi connectivity index (χ0) is 25.2. The van der Waals surface area contributed by atoms with E-state index in [1.807, 2.05) is 0 Å². The number of nitrogens with one attached hydrogen (secondary N) is 1. The van der Waals surface area contributed by atoms with Crippen molar-refractivity contribution in [2.45, 2.75) is 26.1 Å². The third-order valence-electron chi connectivity index (χ3n) is 4.69. The first-order valence-electron chi connectivity index (χ1n) is 10.2. The number of rotatable bonds is 6. The van der Waals surface area contributed by atoms with Crippen molar-refractivity contribution in [3.8, 4) is 22.9 Å². The summed E-state index contributed by atoms with van der Waals surface area (Å²) in [6.07, 6.45) is -4.17. The largest absolute Gasteiger partial charge is 0.453 e. The summed E-state index contributed by atoms with van der Waals surface area (Å²) in [4.78, 5) is 35.8. The van der Waals surface area contributed by atoms with Crippen LogP contribution in [-0.4, -0.2) is 32.9 Å². The van der Waals surface area contributed by atoms with E-state index >= 15 is 0 Å². The number of thiazole rings is 1. The molecule has 35 heavy (non-hydrogen) atoms. The number of ether oxygens (including phenoxy) is 2. The molecule has 0 fully saturated rings. The minimum Gasteiger partial charge on any atom is -0.453 e. The fraction of sp³-hybridized carbons (Fsp3) is 0.174. The molecule has 1 N–H and O–H groups in total. The van der Waals surface area contributed by atoms with Crippen LogP contribution in [0, 0.1) is 0 Å². The molecule has 0 radical (unpaired) electrons. The topological polar surface area (TPSA) is 103 Å². The molecule has 4 rings (SSSR count). The van der Waals surface area contributed by atoms with Gasteiger partial charge in [-0.3, -0.25) is 14.9 Å². The van der Waals surface area contributed by atoms with Gasteiger partial charge in [0.2, 0.25) is 5.88 Å². The van der Waals surface area contributed by atoms with Gasteiger partial charge in [0.25, 0.3) is 5.91 Å². The van der Waals surface area contributed by atoms with E-state index in [9.17, 15) is 22.8 Å². The van der Waals surface area contributed by atoms with Gasteiger partial charge in [0, 0.05) is 18.6 Å². The number of hydrogen-bond donors (Lipinski definition) is 1. The molecule has 1 atom stereocenters. The number of halogens is 3. The number of esters is 1. The molecule has 0 saturated heterocycles. The Morgan fingerprint density at radius 3 is 2.51 bits per heavy atom. The van der Waals surface area contributed by atoms with Crippen LogP contribution < -0.4 is 10.1 Å². The molecule has 8 nitrogen and oxygen atoms in total. The van der Waals surface area contributed by atoms with E-state index in [-0.39, 0.29) is 11.0 Å². The summed E-state index contributed by atoms with van der Waals surface area (Å²) in [5, 5.41) is 2.89. The molecule has 0 spiro atoms. The number of anilines is 1. The minimum atomic E-state index is -4.43. The third kappa shape index (κ3) is 5.72. The Morgan fingerprint density at radius 1 is 1.09 bits per heavy atom. The monoisotopic (exact) mass is 502 g/mol. The van der Waals surface area contributed by atoms with Gasteiger partial charge in [0.1, 0.15) is 11.8 Å². The predicted octanol–water partition coefficient (Wildman–Crippen LogP) is 5.45. The average Bonchev–Trinajstić information content (AvgIpc) is 3.22. The Hall–Kier alpha value is -4.06. The van der Waals surface area contributed by atoms with Crippen molar-refractivity contribution in [2.75, 3.05) is 5.32 Å². The maximum Gasteiger partial charge on any atom is 0.416 e. The van der Waals surface area contributed by atoms with Crippen molar-refractivity contribution in [3.63, 3.8) is 0 Å². The van der Waals surface area contributed by atoms with Gasteiger partial charge in [-0.1, -0.05) is 29.5 Å². The number of benzene rings is 2. The van der Waals surface area contributed by atoms with E-state index in [1.165, 1.54) is 49.7 Å². The number of fused-ring (bicyclic) bond motifs is 1. The molecule has 0 bridgehead atoms. The summed E-state index contributed by atoms with van der Waals surface area (Å²) in [5.41, 5.74) is 0.542. The van der Waals surface area contributed by atoms with Crippen molar-refractivity contribution in [1.82, 2.24) is 15.0 Å². The van der Waals surface area contributed by atoms with Crippen LogP contribution in [0.15, 0.2) is 54.9 Å². The van der Waals surface area contributed by atoms with Gasteiger partial charge in [-0.2, -0.15) is 13.2 Å². The first-order chi connectivity index (χ1) is 16.6. The summed E-state index contributed by atoms with van der Waals surface area (Å²) < 4.78 is 49.9. The Balaban J connectivity index is 1.55. The van der Waals surface area contributed by atoms with E-state index in [0.29, 0.717) is 22.5 Å². The smallest absolute Gasteiger partial charge is 0.416 e. The van der Waals surface area contributed by atoms with Crippen LogP contribution >= 0.6 is 11.3 Å². The molecular weight excluding hydrogens is 485 g/mol. The standard InChI is InChI=1S/C23H17F3N4O4S/c1-12(33-13(2)31)21(32)30-22-29-20-17(4-3-5-18(20)35-22)34-19-10-16(27-11-28-19)14-6-8-15(9-7-14)23(24,25)26/h3-12H,1-2H3,(H,29,30,32)/t12-/m0/s1. The lowest BCUT2D eigenvalue weighted by Crippen LogP contribution is -2.29. The van der Waals surface area contributed by atoms with Gasteiger partial charge in [-0.05, 0) is 31.2 Å². The molecule has 0 aliphatic rings. The summed E-state index contributed by atoms with van der Waals surface area (Å²) in [6, 6.07) is 11.3. The predicted molar refractivity (Wildman–Crippen MR) is 122 cm³/mol. The Labute approximate surface area is 200 Å². The lowest BCUT2D eigenvalue weighted by atomic mass is 10.1. The van der Waals surface area contributed by atoms with Crippen LogP contribution in [0.4, 0.5) is 18.3 Å². The van der Waals surface area contributed by atoms with Gasteiger partial charge in [0.15, 0.2) is 17.0 Å². The summed E-state index contributed by atoms with van der Waals surface area (Å²) in [6.45, 7) is 2.66. The van der Waals surface area contributed by atoms with Crippen molar-refractivity contribution < 1.29 is 32.2 Å². The second-order valence-electron chi connectivity index (χ2n) is 7.28. The number of carbonyl (C=O) groups excluding carboxylic acids is 2. The third-order valence-corrected chi connectivity index (χ3v) is 5.62. The molecule has 12 heteroatoms. The van der Waals surface area contributed by atoms with Gasteiger partial charge in [0.05, 0.1) is 16.0 Å². The zero-order valence-electron chi connectivity index (χ0n) is 18.3. The quantitative estimate of drug-likeness (QED) is 0.350. The van der Waals surface area contributed by atoms with Gasteiger partial charge < -0.3 is 9.47 Å². The highest BCUT2D eigenvalue weighted by atomic mass is 32.1. The number of nitrogens with zero attached hydrogens (tertiary/aromatic N) is 3. The first kappa shape index (κ1) is 24.1. The minimum absolute atomic E-state index is 0.157. The van der Waals surface area contributed by atoms with E-state index in [0.717, 1.165) is 16.8 Å². The molecule has 0 aliphatic carbocycles. The van der Waals surface area contributed by atoms with Crippen molar-refractivity contribution >= 4 is 38.6 Å². The fourth-order valence-electron chi connectivity index (χ4n) is 3.06. The van der Waals surface area contributed by atoms with Crippen LogP contribution in [0.1, 0.15) is 19.4 Å². The molecule has 2 aromatic heterocycles. The maximum atomic E-state index is 12.8. The lowest BCUT2D eigenvalue weighted by molar-refractivity contribution is -0.150. The van der Waals surface area contributed by atoms with Gasteiger partial charge in [-0.15, -0.1) is 0 Å². The Morgan fingerprint density at radius 2 is 1.83 bits per heavy atom. The van der Waals surface area contributed by atoms with Crippen molar-refractivity contribution in [2.24, 2.45) is 0 Å². The van der Waals surface area contributed by atoms with Crippen LogP contribution in [-0.2, 0) is 20.5 Å². The molecule has 4 aromatic rings. The Bertz CT molecular complexity index is 1390. The molecule has 0 saturated carbocycles. The summed E-state index contributed by atoms with van der Waals surface area (Å²) >= 11 is 1.20. The number of para-hydroxylation sites is 1. The number of hydrogen-bond acceptors (Lipinski definition) is 8. The number of amides is 1. The maximum absolute atomic E-state index is 12.8. The normalized spacial score (nSPS) is 12.3. The highest BCUT2D eigenvalue weighted by Crippen LogP contribution is 2.35. The first-order valence-corrected chi connectivity index (χ1v) is 11.0. The fourth-order valence-corrected chi connectivity index (χ4v) is 3.95. The van der Waals surface area contributed by atoms with Crippen molar-refractivity contribution in [1.29, 1.82) is 0 Å². The van der Waals surface area contributed by atoms with E-state index in [4.69, 9.17) is 9.47 Å². The van der Waals surface area contributed by atoms with E-state index in [2.05, 4.69) is 20.3 Å². The SMILES string of the molecule is CC(=O)O[C@@H](C)C(=O)Nc1nc2c(Oc3cc(-c4ccc(C(F)(F)F)cc4)ncn3)cccc2s1. The van der Waals surface area contributed by atoms with Crippen LogP contribution in [0.2, 0.25) is 0 Å². The number of alkyl halides is 3. The van der Waals surface area contributed by atoms with Crippen LogP contribution in [0.3, 0.4) is 0 Å². The number of aromatic nitrogens is 3. The molecule has 180 valence electrons. The molecule has 2 aromatic carbocycles. The molecular formula is C23H17F3N4O4S. The zero-order valence-corrected chi connectivity index (χ0v) is 19.1. The number of carbonyl (C=O) groups is 2. The second-order valence-corrected chi connectivity index (χ2v) is 8.31. The average molecular weight is 502 g/mol.